The minimum atomic E-state index is -0.194. The van der Waals surface area contributed by atoms with Crippen LogP contribution in [0.4, 0.5) is 17.2 Å². The average molecular weight is 536 g/mol. The number of hydrogen-bond acceptors (Lipinski definition) is 11. The van der Waals surface area contributed by atoms with Gasteiger partial charge in [-0.25, -0.2) is 20.0 Å². The molecule has 4 heterocycles. The number of aliphatic hydroxyl groups is 1. The molecule has 1 atom stereocenters. The van der Waals surface area contributed by atoms with Crippen molar-refractivity contribution in [3.05, 3.63) is 71.8 Å². The summed E-state index contributed by atoms with van der Waals surface area (Å²) in [5.74, 6) is 2.51. The predicted molar refractivity (Wildman–Crippen MR) is 149 cm³/mol. The molecule has 11 nitrogen and oxygen atoms in total. The SMILES string of the molecule is CN(C)C1N=Cc2ncnc(Nc3ccc(OC4=CC5=NC=CNN5C=C4)c(Cl)c3)c2N1.OC1CCCC1. The van der Waals surface area contributed by atoms with Crippen molar-refractivity contribution in [2.45, 2.75) is 38.1 Å². The first-order chi connectivity index (χ1) is 18.5. The largest absolute Gasteiger partial charge is 0.456 e. The molecular formula is C26H30ClN9O2. The fourth-order valence-electron chi connectivity index (χ4n) is 4.10. The van der Waals surface area contributed by atoms with E-state index in [-0.39, 0.29) is 12.4 Å². The van der Waals surface area contributed by atoms with Crippen molar-refractivity contribution in [1.82, 2.24) is 25.3 Å². The molecule has 1 saturated carbocycles. The number of nitrogens with one attached hydrogen (secondary N) is 3. The highest BCUT2D eigenvalue weighted by Crippen LogP contribution is 2.33. The lowest BCUT2D eigenvalue weighted by atomic mass is 10.2. The number of hydrogen-bond donors (Lipinski definition) is 4. The van der Waals surface area contributed by atoms with E-state index in [9.17, 15) is 0 Å². The summed E-state index contributed by atoms with van der Waals surface area (Å²) in [6, 6.07) is 5.46. The van der Waals surface area contributed by atoms with Crippen LogP contribution < -0.4 is 20.8 Å². The lowest BCUT2D eigenvalue weighted by Crippen LogP contribution is -2.37. The molecule has 1 aromatic heterocycles. The molecule has 198 valence electrons. The summed E-state index contributed by atoms with van der Waals surface area (Å²) in [4.78, 5) is 19.3. The molecule has 3 aliphatic heterocycles. The lowest BCUT2D eigenvalue weighted by Gasteiger charge is -2.27. The van der Waals surface area contributed by atoms with Crippen LogP contribution in [-0.2, 0) is 0 Å². The van der Waals surface area contributed by atoms with Crippen LogP contribution in [0.1, 0.15) is 31.4 Å². The van der Waals surface area contributed by atoms with Gasteiger partial charge in [-0.2, -0.15) is 0 Å². The van der Waals surface area contributed by atoms with Gasteiger partial charge in [0.05, 0.1) is 17.3 Å². The number of ether oxygens (including phenoxy) is 1. The van der Waals surface area contributed by atoms with Gasteiger partial charge in [0.1, 0.15) is 29.2 Å². The van der Waals surface area contributed by atoms with Gasteiger partial charge in [-0.05, 0) is 51.2 Å². The Labute approximate surface area is 226 Å². The van der Waals surface area contributed by atoms with E-state index in [1.165, 1.54) is 19.2 Å². The van der Waals surface area contributed by atoms with Crippen LogP contribution in [0.15, 0.2) is 71.0 Å². The van der Waals surface area contributed by atoms with Crippen molar-refractivity contribution in [3.8, 4) is 5.75 Å². The molecule has 1 aliphatic carbocycles. The van der Waals surface area contributed by atoms with E-state index in [4.69, 9.17) is 21.4 Å². The summed E-state index contributed by atoms with van der Waals surface area (Å²) in [6.07, 6.45) is 16.5. The van der Waals surface area contributed by atoms with E-state index in [1.807, 2.05) is 43.4 Å². The van der Waals surface area contributed by atoms with Crippen molar-refractivity contribution >= 4 is 40.8 Å². The molecule has 0 saturated heterocycles. The van der Waals surface area contributed by atoms with Crippen LogP contribution in [0.3, 0.4) is 0 Å². The Balaban J connectivity index is 0.000000433. The summed E-state index contributed by atoms with van der Waals surface area (Å²) in [5.41, 5.74) is 5.30. The van der Waals surface area contributed by atoms with E-state index in [2.05, 4.69) is 36.0 Å². The second-order valence-electron chi connectivity index (χ2n) is 9.22. The first kappa shape index (κ1) is 25.7. The number of aliphatic hydroxyl groups excluding tert-OH is 1. The third-order valence-corrected chi connectivity index (χ3v) is 6.42. The second kappa shape index (κ2) is 11.6. The minimum Gasteiger partial charge on any atom is -0.456 e. The van der Waals surface area contributed by atoms with Crippen molar-refractivity contribution in [1.29, 1.82) is 0 Å². The number of benzene rings is 1. The average Bonchev–Trinajstić information content (AvgIpc) is 3.41. The minimum absolute atomic E-state index is 0.0463. The van der Waals surface area contributed by atoms with Crippen LogP contribution in [0, 0.1) is 0 Å². The molecular weight excluding hydrogens is 506 g/mol. The smallest absolute Gasteiger partial charge is 0.175 e. The molecule has 4 N–H and O–H groups in total. The second-order valence-corrected chi connectivity index (χ2v) is 9.62. The molecule has 0 spiro atoms. The number of amidine groups is 1. The van der Waals surface area contributed by atoms with Gasteiger partial charge < -0.3 is 20.5 Å². The monoisotopic (exact) mass is 535 g/mol. The standard InChI is InChI=1S/C21H20ClN9O.C5H10O/c1-30(2)21-24-11-16-19(29-21)20(26-12-25-16)28-13-3-4-17(15(22)9-13)32-14-5-8-31-18(10-14)23-6-7-27-31;6-5-3-1-2-4-5/h3-12,21,27,29H,1-2H3,(H,25,26,28);5-6H,1-4H2. The van der Waals surface area contributed by atoms with Crippen LogP contribution in [0.5, 0.6) is 5.75 Å². The number of rotatable bonds is 5. The van der Waals surface area contributed by atoms with Gasteiger partial charge in [-0.1, -0.05) is 24.4 Å². The van der Waals surface area contributed by atoms with Crippen LogP contribution in [0.2, 0.25) is 5.02 Å². The van der Waals surface area contributed by atoms with E-state index >= 15 is 0 Å². The molecule has 12 heteroatoms. The highest BCUT2D eigenvalue weighted by atomic mass is 35.5. The molecule has 0 amide bonds. The fraction of sp³-hybridized carbons (Fsp3) is 0.308. The number of anilines is 3. The molecule has 6 rings (SSSR count). The van der Waals surface area contributed by atoms with Crippen molar-refractivity contribution in [2.24, 2.45) is 9.98 Å². The first-order valence-corrected chi connectivity index (χ1v) is 12.8. The first-order valence-electron chi connectivity index (χ1n) is 12.4. The Bertz CT molecular complexity index is 1320. The zero-order chi connectivity index (χ0) is 26.5. The Morgan fingerprint density at radius 3 is 2.79 bits per heavy atom. The van der Waals surface area contributed by atoms with E-state index in [0.717, 1.165) is 30.1 Å². The number of aliphatic imine (C=N–C) groups is 2. The normalized spacial score (nSPS) is 19.4. The Morgan fingerprint density at radius 1 is 1.21 bits per heavy atom. The molecule has 1 unspecified atom stereocenters. The number of allylic oxidation sites excluding steroid dienone is 1. The highest BCUT2D eigenvalue weighted by molar-refractivity contribution is 6.32. The quantitative estimate of drug-likeness (QED) is 0.450. The van der Waals surface area contributed by atoms with E-state index < -0.39 is 0 Å². The molecule has 38 heavy (non-hydrogen) atoms. The predicted octanol–water partition coefficient (Wildman–Crippen LogP) is 3.96. The third-order valence-electron chi connectivity index (χ3n) is 6.13. The number of hydrazine groups is 1. The van der Waals surface area contributed by atoms with Gasteiger partial charge in [0.2, 0.25) is 0 Å². The zero-order valence-electron chi connectivity index (χ0n) is 21.2. The molecule has 2 aromatic rings. The molecule has 0 bridgehead atoms. The number of halogens is 1. The van der Waals surface area contributed by atoms with Gasteiger partial charge >= 0.3 is 0 Å². The van der Waals surface area contributed by atoms with Crippen LogP contribution in [-0.4, -0.2) is 63.5 Å². The third kappa shape index (κ3) is 6.13. The molecule has 1 fully saturated rings. The van der Waals surface area contributed by atoms with E-state index in [0.29, 0.717) is 28.0 Å². The summed E-state index contributed by atoms with van der Waals surface area (Å²) in [5, 5.41) is 17.6. The number of fused-ring (bicyclic) bond motifs is 2. The highest BCUT2D eigenvalue weighted by Gasteiger charge is 2.21. The Hall–Kier alpha value is -3.93. The molecule has 4 aliphatic rings. The maximum atomic E-state index is 8.73. The topological polar surface area (TPSA) is 123 Å². The maximum Gasteiger partial charge on any atom is 0.175 e. The zero-order valence-corrected chi connectivity index (χ0v) is 21.9. The van der Waals surface area contributed by atoms with Crippen molar-refractivity contribution < 1.29 is 9.84 Å². The number of aromatic nitrogens is 2. The van der Waals surface area contributed by atoms with Crippen LogP contribution >= 0.6 is 11.6 Å². The van der Waals surface area contributed by atoms with Gasteiger partial charge in [0.15, 0.2) is 17.9 Å². The summed E-state index contributed by atoms with van der Waals surface area (Å²) >= 11 is 6.50. The summed E-state index contributed by atoms with van der Waals surface area (Å²) in [6.45, 7) is 0. The Kier molecular flexibility index (Phi) is 7.87. The maximum absolute atomic E-state index is 8.73. The van der Waals surface area contributed by atoms with E-state index in [1.54, 1.807) is 35.8 Å². The van der Waals surface area contributed by atoms with Gasteiger partial charge in [0, 0.05) is 30.4 Å². The van der Waals surface area contributed by atoms with Gasteiger partial charge in [-0.3, -0.25) is 15.3 Å². The summed E-state index contributed by atoms with van der Waals surface area (Å²) in [7, 11) is 3.88. The fourth-order valence-corrected chi connectivity index (χ4v) is 4.32. The molecule has 1 aromatic carbocycles. The van der Waals surface area contributed by atoms with Gasteiger partial charge in [0.25, 0.3) is 0 Å². The number of nitrogens with zero attached hydrogens (tertiary/aromatic N) is 6. The van der Waals surface area contributed by atoms with Gasteiger partial charge in [-0.15, -0.1) is 0 Å². The lowest BCUT2D eigenvalue weighted by molar-refractivity contribution is 0.183. The molecule has 0 radical (unpaired) electrons. The van der Waals surface area contributed by atoms with Crippen molar-refractivity contribution in [3.63, 3.8) is 0 Å². The Morgan fingerprint density at radius 2 is 2.05 bits per heavy atom. The van der Waals surface area contributed by atoms with Crippen molar-refractivity contribution in [2.75, 3.05) is 24.7 Å². The van der Waals surface area contributed by atoms with Crippen LogP contribution in [0.25, 0.3) is 0 Å². The summed E-state index contributed by atoms with van der Waals surface area (Å²) < 4.78 is 5.97.